The number of benzene rings is 1. The van der Waals surface area contributed by atoms with E-state index in [1.807, 2.05) is 31.2 Å². The second-order valence-electron chi connectivity index (χ2n) is 5.05. The molecule has 0 unspecified atom stereocenters. The first-order chi connectivity index (χ1) is 10.6. The normalized spacial score (nSPS) is 15.4. The predicted octanol–water partition coefficient (Wildman–Crippen LogP) is 3.80. The number of halogens is 1. The van der Waals surface area contributed by atoms with E-state index in [4.69, 9.17) is 0 Å². The van der Waals surface area contributed by atoms with Crippen molar-refractivity contribution in [2.24, 2.45) is 0 Å². The molecule has 5 nitrogen and oxygen atoms in total. The standard InChI is InChI=1S/C14H15BrN4OS2/c1-8(12(20)16-10-5-6-10)21-14-19-18-13(22-14)17-11-4-2-3-9(15)7-11/h2-4,7-8,10H,5-6H2,1H3,(H,16,20)(H,17,18)/t8-/m0/s1. The Hall–Kier alpha value is -1.12. The van der Waals surface area contributed by atoms with E-state index in [9.17, 15) is 4.79 Å². The maximum Gasteiger partial charge on any atom is 0.233 e. The molecule has 1 aliphatic carbocycles. The first-order valence-corrected chi connectivity index (χ1v) is 9.42. The van der Waals surface area contributed by atoms with Crippen molar-refractivity contribution in [3.63, 3.8) is 0 Å². The summed E-state index contributed by atoms with van der Waals surface area (Å²) in [5.41, 5.74) is 0.946. The lowest BCUT2D eigenvalue weighted by atomic mass is 10.3. The monoisotopic (exact) mass is 398 g/mol. The van der Waals surface area contributed by atoms with Gasteiger partial charge in [0, 0.05) is 16.2 Å². The summed E-state index contributed by atoms with van der Waals surface area (Å²) < 4.78 is 1.79. The third-order valence-electron chi connectivity index (χ3n) is 3.05. The fraction of sp³-hybridized carbons (Fsp3) is 0.357. The molecule has 1 atom stereocenters. The van der Waals surface area contributed by atoms with Crippen LogP contribution in [-0.2, 0) is 4.79 Å². The van der Waals surface area contributed by atoms with E-state index in [2.05, 4.69) is 36.8 Å². The number of carbonyl (C=O) groups is 1. The quantitative estimate of drug-likeness (QED) is 0.724. The van der Waals surface area contributed by atoms with Crippen molar-refractivity contribution in [1.82, 2.24) is 15.5 Å². The Kier molecular flexibility index (Phi) is 5.00. The van der Waals surface area contributed by atoms with E-state index in [1.54, 1.807) is 0 Å². The number of nitrogens with one attached hydrogen (secondary N) is 2. The fourth-order valence-electron chi connectivity index (χ4n) is 1.75. The molecule has 1 aliphatic rings. The topological polar surface area (TPSA) is 66.9 Å². The summed E-state index contributed by atoms with van der Waals surface area (Å²) in [4.78, 5) is 11.9. The van der Waals surface area contributed by atoms with Crippen LogP contribution in [0, 0.1) is 0 Å². The molecule has 0 saturated heterocycles. The van der Waals surface area contributed by atoms with Gasteiger partial charge in [-0.25, -0.2) is 0 Å². The molecule has 0 radical (unpaired) electrons. The number of hydrogen-bond donors (Lipinski definition) is 2. The van der Waals surface area contributed by atoms with Gasteiger partial charge in [0.1, 0.15) is 0 Å². The van der Waals surface area contributed by atoms with Gasteiger partial charge in [-0.3, -0.25) is 4.79 Å². The lowest BCUT2D eigenvalue weighted by Gasteiger charge is -2.08. The van der Waals surface area contributed by atoms with Crippen LogP contribution in [0.1, 0.15) is 19.8 Å². The number of rotatable bonds is 6. The SMILES string of the molecule is C[C@H](Sc1nnc(Nc2cccc(Br)c2)s1)C(=O)NC1CC1. The highest BCUT2D eigenvalue weighted by atomic mass is 79.9. The molecule has 116 valence electrons. The van der Waals surface area contributed by atoms with Crippen molar-refractivity contribution >= 4 is 55.8 Å². The number of thioether (sulfide) groups is 1. The average molecular weight is 399 g/mol. The van der Waals surface area contributed by atoms with Crippen LogP contribution in [0.5, 0.6) is 0 Å². The number of anilines is 2. The molecule has 3 rings (SSSR count). The van der Waals surface area contributed by atoms with Gasteiger partial charge in [-0.05, 0) is 38.0 Å². The van der Waals surface area contributed by atoms with Gasteiger partial charge in [-0.2, -0.15) is 0 Å². The minimum atomic E-state index is -0.160. The number of amides is 1. The van der Waals surface area contributed by atoms with E-state index in [0.717, 1.165) is 32.5 Å². The Bertz CT molecular complexity index is 674. The predicted molar refractivity (Wildman–Crippen MR) is 93.8 cm³/mol. The third kappa shape index (κ3) is 4.44. The molecule has 2 N–H and O–H groups in total. The van der Waals surface area contributed by atoms with Crippen molar-refractivity contribution in [2.45, 2.75) is 35.4 Å². The van der Waals surface area contributed by atoms with Gasteiger partial charge in [0.2, 0.25) is 11.0 Å². The van der Waals surface area contributed by atoms with Crippen molar-refractivity contribution in [3.05, 3.63) is 28.7 Å². The number of hydrogen-bond acceptors (Lipinski definition) is 6. The molecule has 1 aromatic heterocycles. The van der Waals surface area contributed by atoms with Crippen LogP contribution in [-0.4, -0.2) is 27.4 Å². The van der Waals surface area contributed by atoms with E-state index in [-0.39, 0.29) is 11.2 Å². The maximum atomic E-state index is 11.9. The maximum absolute atomic E-state index is 11.9. The summed E-state index contributed by atoms with van der Waals surface area (Å²) in [6.07, 6.45) is 2.20. The number of nitrogens with zero attached hydrogens (tertiary/aromatic N) is 2. The molecule has 1 heterocycles. The van der Waals surface area contributed by atoms with Crippen molar-refractivity contribution in [1.29, 1.82) is 0 Å². The molecule has 1 amide bonds. The van der Waals surface area contributed by atoms with Crippen LogP contribution in [0.25, 0.3) is 0 Å². The van der Waals surface area contributed by atoms with Gasteiger partial charge in [0.05, 0.1) is 5.25 Å². The molecule has 2 aromatic rings. The molecule has 0 aliphatic heterocycles. The summed E-state index contributed by atoms with van der Waals surface area (Å²) in [5.74, 6) is 0.0733. The molecule has 1 saturated carbocycles. The van der Waals surface area contributed by atoms with E-state index < -0.39 is 0 Å². The zero-order valence-corrected chi connectivity index (χ0v) is 15.1. The van der Waals surface area contributed by atoms with Crippen molar-refractivity contribution < 1.29 is 4.79 Å². The van der Waals surface area contributed by atoms with Gasteiger partial charge < -0.3 is 10.6 Å². The second-order valence-corrected chi connectivity index (χ2v) is 8.53. The lowest BCUT2D eigenvalue weighted by molar-refractivity contribution is -0.120. The minimum Gasteiger partial charge on any atom is -0.352 e. The molecule has 0 spiro atoms. The first kappa shape index (κ1) is 15.8. The zero-order chi connectivity index (χ0) is 15.5. The van der Waals surface area contributed by atoms with Crippen molar-refractivity contribution in [2.75, 3.05) is 5.32 Å². The minimum absolute atomic E-state index is 0.0733. The van der Waals surface area contributed by atoms with Crippen LogP contribution in [0.3, 0.4) is 0 Å². The summed E-state index contributed by atoms with van der Waals surface area (Å²) in [7, 11) is 0. The van der Waals surface area contributed by atoms with E-state index in [0.29, 0.717) is 6.04 Å². The van der Waals surface area contributed by atoms with Gasteiger partial charge in [-0.1, -0.05) is 45.1 Å². The second kappa shape index (κ2) is 6.97. The molecule has 1 fully saturated rings. The highest BCUT2D eigenvalue weighted by molar-refractivity contribution is 9.10. The van der Waals surface area contributed by atoms with Crippen molar-refractivity contribution in [3.8, 4) is 0 Å². The lowest BCUT2D eigenvalue weighted by Crippen LogP contribution is -2.32. The Morgan fingerprint density at radius 1 is 1.45 bits per heavy atom. The van der Waals surface area contributed by atoms with E-state index in [1.165, 1.54) is 23.1 Å². The molecule has 1 aromatic carbocycles. The van der Waals surface area contributed by atoms with Crippen LogP contribution in [0.4, 0.5) is 10.8 Å². The molecule has 0 bridgehead atoms. The average Bonchev–Trinajstić information content (AvgIpc) is 3.18. The number of carbonyl (C=O) groups excluding carboxylic acids is 1. The number of aromatic nitrogens is 2. The molecule has 8 heteroatoms. The van der Waals surface area contributed by atoms with Crippen LogP contribution >= 0.6 is 39.0 Å². The largest absolute Gasteiger partial charge is 0.352 e. The third-order valence-corrected chi connectivity index (χ3v) is 5.57. The van der Waals surface area contributed by atoms with Crippen LogP contribution < -0.4 is 10.6 Å². The Morgan fingerprint density at radius 3 is 3.00 bits per heavy atom. The van der Waals surface area contributed by atoms with Gasteiger partial charge in [-0.15, -0.1) is 10.2 Å². The molecule has 22 heavy (non-hydrogen) atoms. The Balaban J connectivity index is 1.57. The highest BCUT2D eigenvalue weighted by Gasteiger charge is 2.26. The smallest absolute Gasteiger partial charge is 0.233 e. The fourth-order valence-corrected chi connectivity index (χ4v) is 4.07. The zero-order valence-electron chi connectivity index (χ0n) is 11.9. The van der Waals surface area contributed by atoms with Crippen LogP contribution in [0.2, 0.25) is 0 Å². The summed E-state index contributed by atoms with van der Waals surface area (Å²) >= 11 is 6.32. The van der Waals surface area contributed by atoms with E-state index >= 15 is 0 Å². The Labute approximate surface area is 145 Å². The molecular formula is C14H15BrN4OS2. The summed E-state index contributed by atoms with van der Waals surface area (Å²) in [6.45, 7) is 1.89. The summed E-state index contributed by atoms with van der Waals surface area (Å²) in [6, 6.07) is 8.24. The first-order valence-electron chi connectivity index (χ1n) is 6.93. The van der Waals surface area contributed by atoms with Gasteiger partial charge >= 0.3 is 0 Å². The van der Waals surface area contributed by atoms with Gasteiger partial charge in [0.15, 0.2) is 4.34 Å². The van der Waals surface area contributed by atoms with Crippen LogP contribution in [0.15, 0.2) is 33.1 Å². The highest BCUT2D eigenvalue weighted by Crippen LogP contribution is 2.31. The van der Waals surface area contributed by atoms with Gasteiger partial charge in [0.25, 0.3) is 0 Å². The molecular weight excluding hydrogens is 384 g/mol. The Morgan fingerprint density at radius 2 is 2.27 bits per heavy atom. The summed E-state index contributed by atoms with van der Waals surface area (Å²) in [5, 5.41) is 15.0.